The van der Waals surface area contributed by atoms with Crippen LogP contribution in [0.15, 0.2) is 12.2 Å². The van der Waals surface area contributed by atoms with E-state index in [0.29, 0.717) is 17.8 Å². The average molecular weight is 515 g/mol. The molecule has 4 saturated carbocycles. The van der Waals surface area contributed by atoms with Gasteiger partial charge in [0.05, 0.1) is 12.2 Å². The lowest BCUT2D eigenvalue weighted by atomic mass is 9.46. The zero-order valence-electron chi connectivity index (χ0n) is 19.6. The van der Waals surface area contributed by atoms with Gasteiger partial charge in [-0.15, -0.1) is 0 Å². The molecule has 0 radical (unpaired) electrons. The van der Waals surface area contributed by atoms with E-state index in [4.69, 9.17) is 14.0 Å². The molecule has 0 saturated heterocycles. The Bertz CT molecular complexity index is 864. The van der Waals surface area contributed by atoms with Crippen LogP contribution in [-0.2, 0) is 24.4 Å². The molecule has 0 aromatic carbocycles. The number of alkyl halides is 4. The van der Waals surface area contributed by atoms with Crippen LogP contribution in [-0.4, -0.2) is 48.9 Å². The lowest BCUT2D eigenvalue weighted by Gasteiger charge is -2.61. The topological polar surface area (TPSA) is 89.9 Å². The van der Waals surface area contributed by atoms with E-state index in [0.717, 1.165) is 19.3 Å². The standard InChI is InChI=1S/C23H34F4O6S/c1-15(14-32-7-5-4-6-22(24,25)23(26,27)34(29,30)31)19(28)33-20(2,3)21-11-16-8-17(12-21)10-18(9-16)13-21/h16-18H,1,4-14H2,2-3H3,(H,29,30,31). The van der Waals surface area contributed by atoms with Gasteiger partial charge >= 0.3 is 27.3 Å². The number of esters is 1. The maximum atomic E-state index is 13.5. The van der Waals surface area contributed by atoms with E-state index in [1.807, 2.05) is 13.8 Å². The smallest absolute Gasteiger partial charge is 0.431 e. The molecule has 0 atom stereocenters. The molecule has 4 aliphatic carbocycles. The van der Waals surface area contributed by atoms with E-state index < -0.39 is 45.7 Å². The summed E-state index contributed by atoms with van der Waals surface area (Å²) in [7, 11) is -6.24. The Labute approximate surface area is 198 Å². The van der Waals surface area contributed by atoms with Gasteiger partial charge in [0.2, 0.25) is 0 Å². The summed E-state index contributed by atoms with van der Waals surface area (Å²) in [4.78, 5) is 12.6. The molecule has 11 heteroatoms. The minimum atomic E-state index is -6.24. The molecule has 0 spiro atoms. The molecule has 6 nitrogen and oxygen atoms in total. The van der Waals surface area contributed by atoms with E-state index >= 15 is 0 Å². The van der Waals surface area contributed by atoms with Crippen molar-refractivity contribution in [3.05, 3.63) is 12.2 Å². The minimum absolute atomic E-state index is 0.0338. The van der Waals surface area contributed by atoms with Crippen LogP contribution < -0.4 is 0 Å². The van der Waals surface area contributed by atoms with Crippen molar-refractivity contribution in [2.45, 2.75) is 88.4 Å². The minimum Gasteiger partial charge on any atom is -0.456 e. The summed E-state index contributed by atoms with van der Waals surface area (Å²) >= 11 is 0. The third-order valence-electron chi connectivity index (χ3n) is 8.01. The fourth-order valence-corrected chi connectivity index (χ4v) is 6.88. The molecular weight excluding hydrogens is 480 g/mol. The van der Waals surface area contributed by atoms with Crippen molar-refractivity contribution in [1.29, 1.82) is 0 Å². The number of halogens is 4. The van der Waals surface area contributed by atoms with Gasteiger partial charge in [0.1, 0.15) is 5.60 Å². The Kier molecular flexibility index (Phi) is 7.53. The number of carbonyl (C=O) groups excluding carboxylic acids is 1. The molecule has 34 heavy (non-hydrogen) atoms. The van der Waals surface area contributed by atoms with Crippen LogP contribution >= 0.6 is 0 Å². The van der Waals surface area contributed by atoms with Crippen LogP contribution in [0.2, 0.25) is 0 Å². The normalized spacial score (nSPS) is 29.3. The van der Waals surface area contributed by atoms with Crippen LogP contribution in [0.1, 0.15) is 71.6 Å². The number of unbranched alkanes of at least 4 members (excludes halogenated alkanes) is 1. The number of rotatable bonds is 12. The summed E-state index contributed by atoms with van der Waals surface area (Å²) in [6.45, 7) is 7.27. The first-order chi connectivity index (χ1) is 15.5. The molecule has 4 fully saturated rings. The quantitative estimate of drug-likeness (QED) is 0.124. The first-order valence-electron chi connectivity index (χ1n) is 11.7. The Morgan fingerprint density at radius 3 is 2.00 bits per heavy atom. The highest BCUT2D eigenvalue weighted by Gasteiger charge is 2.65. The van der Waals surface area contributed by atoms with Crippen molar-refractivity contribution in [3.63, 3.8) is 0 Å². The van der Waals surface area contributed by atoms with Crippen molar-refractivity contribution in [1.82, 2.24) is 0 Å². The van der Waals surface area contributed by atoms with Gasteiger partial charge in [0, 0.05) is 18.4 Å². The van der Waals surface area contributed by atoms with E-state index in [-0.39, 0.29) is 30.6 Å². The Morgan fingerprint density at radius 2 is 1.53 bits per heavy atom. The van der Waals surface area contributed by atoms with Gasteiger partial charge in [-0.1, -0.05) is 6.58 Å². The summed E-state index contributed by atoms with van der Waals surface area (Å²) in [6, 6.07) is 0. The monoisotopic (exact) mass is 514 g/mol. The summed E-state index contributed by atoms with van der Waals surface area (Å²) in [6.07, 6.45) is 4.96. The van der Waals surface area contributed by atoms with Gasteiger partial charge in [-0.05, 0) is 83.0 Å². The van der Waals surface area contributed by atoms with E-state index in [1.165, 1.54) is 19.3 Å². The molecule has 0 unspecified atom stereocenters. The van der Waals surface area contributed by atoms with Crippen molar-refractivity contribution in [2.24, 2.45) is 23.2 Å². The Hall–Kier alpha value is -1.20. The largest absolute Gasteiger partial charge is 0.456 e. The van der Waals surface area contributed by atoms with Crippen LogP contribution in [0.5, 0.6) is 0 Å². The summed E-state index contributed by atoms with van der Waals surface area (Å²) < 4.78 is 93.7. The van der Waals surface area contributed by atoms with Gasteiger partial charge in [-0.25, -0.2) is 4.79 Å². The predicted molar refractivity (Wildman–Crippen MR) is 116 cm³/mol. The van der Waals surface area contributed by atoms with Gasteiger partial charge in [0.25, 0.3) is 0 Å². The van der Waals surface area contributed by atoms with Crippen LogP contribution in [0, 0.1) is 23.2 Å². The van der Waals surface area contributed by atoms with Crippen molar-refractivity contribution in [3.8, 4) is 0 Å². The molecule has 0 aromatic rings. The van der Waals surface area contributed by atoms with Crippen molar-refractivity contribution in [2.75, 3.05) is 13.2 Å². The highest BCUT2D eigenvalue weighted by molar-refractivity contribution is 7.87. The zero-order chi connectivity index (χ0) is 25.6. The molecule has 196 valence electrons. The lowest BCUT2D eigenvalue weighted by Crippen LogP contribution is -2.57. The summed E-state index contributed by atoms with van der Waals surface area (Å²) in [5.41, 5.74) is -0.623. The highest BCUT2D eigenvalue weighted by atomic mass is 32.2. The molecule has 4 aliphatic rings. The molecule has 4 rings (SSSR count). The number of ether oxygens (including phenoxy) is 2. The fourth-order valence-electron chi connectivity index (χ4n) is 6.40. The fraction of sp³-hybridized carbons (Fsp3) is 0.870. The predicted octanol–water partition coefficient (Wildman–Crippen LogP) is 5.38. The highest BCUT2D eigenvalue weighted by Crippen LogP contribution is 2.64. The number of carbonyl (C=O) groups is 1. The number of hydrogen-bond acceptors (Lipinski definition) is 5. The van der Waals surface area contributed by atoms with Crippen molar-refractivity contribution >= 4 is 16.1 Å². The van der Waals surface area contributed by atoms with Crippen LogP contribution in [0.4, 0.5) is 17.6 Å². The molecule has 0 aromatic heterocycles. The zero-order valence-corrected chi connectivity index (χ0v) is 20.4. The second kappa shape index (κ2) is 9.35. The van der Waals surface area contributed by atoms with Crippen LogP contribution in [0.3, 0.4) is 0 Å². The van der Waals surface area contributed by atoms with Gasteiger partial charge in [-0.3, -0.25) is 4.55 Å². The average Bonchev–Trinajstić information content (AvgIpc) is 2.67. The molecule has 0 amide bonds. The van der Waals surface area contributed by atoms with Gasteiger partial charge in [0.15, 0.2) is 0 Å². The summed E-state index contributed by atoms with van der Waals surface area (Å²) in [5, 5.41) is -5.57. The molecule has 0 heterocycles. The second-order valence-electron chi connectivity index (χ2n) is 10.9. The van der Waals surface area contributed by atoms with Gasteiger partial charge < -0.3 is 9.47 Å². The SMILES string of the molecule is C=C(COCCCCC(F)(F)C(F)(F)S(=O)(=O)O)C(=O)OC(C)(C)C12CC3CC(CC(C3)C1)C2. The molecule has 0 aliphatic heterocycles. The molecule has 1 N–H and O–H groups in total. The van der Waals surface area contributed by atoms with E-state index in [1.54, 1.807) is 0 Å². The molecular formula is C23H34F4O6S. The third-order valence-corrected chi connectivity index (χ3v) is 8.95. The van der Waals surface area contributed by atoms with Crippen LogP contribution in [0.25, 0.3) is 0 Å². The molecule has 4 bridgehead atoms. The Balaban J connectivity index is 1.41. The first kappa shape index (κ1) is 27.4. The van der Waals surface area contributed by atoms with E-state index in [9.17, 15) is 30.8 Å². The maximum absolute atomic E-state index is 13.5. The first-order valence-corrected chi connectivity index (χ1v) is 13.2. The van der Waals surface area contributed by atoms with E-state index in [2.05, 4.69) is 6.58 Å². The number of hydrogen-bond donors (Lipinski definition) is 1. The van der Waals surface area contributed by atoms with Crippen molar-refractivity contribution < 1.29 is 44.8 Å². The Morgan fingerprint density at radius 1 is 1.03 bits per heavy atom. The lowest BCUT2D eigenvalue weighted by molar-refractivity contribution is -0.195. The van der Waals surface area contributed by atoms with Gasteiger partial charge in [-0.2, -0.15) is 26.0 Å². The maximum Gasteiger partial charge on any atom is 0.431 e. The third kappa shape index (κ3) is 5.31. The summed E-state index contributed by atoms with van der Waals surface area (Å²) in [5.74, 6) is -3.42. The second-order valence-corrected chi connectivity index (χ2v) is 12.4.